The Bertz CT molecular complexity index is 491. The van der Waals surface area contributed by atoms with Crippen molar-refractivity contribution in [3.05, 3.63) is 29.3 Å². The molecule has 0 saturated carbocycles. The molecule has 3 N–H and O–H groups in total. The van der Waals surface area contributed by atoms with Gasteiger partial charge in [0.1, 0.15) is 0 Å². The largest absolute Gasteiger partial charge is 0.416 e. The number of nitrogens with zero attached hydrogens (tertiary/aromatic N) is 2. The average molecular weight is 304 g/mol. The summed E-state index contributed by atoms with van der Waals surface area (Å²) in [4.78, 5) is 4.14. The van der Waals surface area contributed by atoms with Gasteiger partial charge in [0.2, 0.25) is 0 Å². The summed E-state index contributed by atoms with van der Waals surface area (Å²) in [6.45, 7) is 1.86. The summed E-state index contributed by atoms with van der Waals surface area (Å²) < 4.78 is 39.4. The van der Waals surface area contributed by atoms with E-state index in [1.54, 1.807) is 0 Å². The van der Waals surface area contributed by atoms with Crippen LogP contribution in [-0.2, 0) is 12.7 Å². The molecule has 0 amide bonds. The Balaban J connectivity index is 2.17. The fraction of sp³-hybridized carbons (Fsp3) is 0.571. The van der Waals surface area contributed by atoms with E-state index in [0.717, 1.165) is 25.6 Å². The van der Waals surface area contributed by atoms with E-state index >= 15 is 0 Å². The molecule has 1 aliphatic heterocycles. The van der Waals surface area contributed by atoms with E-state index in [0.29, 0.717) is 11.5 Å². The van der Waals surface area contributed by atoms with Crippen molar-refractivity contribution in [1.82, 2.24) is 9.80 Å². The summed E-state index contributed by atoms with van der Waals surface area (Å²) in [6.07, 6.45) is -3.44. The molecule has 4 nitrogen and oxygen atoms in total. The summed E-state index contributed by atoms with van der Waals surface area (Å²) >= 11 is 0. The van der Waals surface area contributed by atoms with E-state index < -0.39 is 11.7 Å². The first-order valence-corrected chi connectivity index (χ1v) is 6.87. The van der Waals surface area contributed by atoms with Gasteiger partial charge in [-0.25, -0.2) is 5.21 Å². The Morgan fingerprint density at radius 1 is 1.38 bits per heavy atom. The van der Waals surface area contributed by atoms with Gasteiger partial charge in [0, 0.05) is 37.8 Å². The molecule has 1 heterocycles. The number of likely N-dealkylation sites (N-methyl/N-ethyl adjacent to an activating group) is 1. The van der Waals surface area contributed by atoms with Crippen LogP contribution in [0.15, 0.2) is 18.2 Å². The number of alkyl halides is 3. The van der Waals surface area contributed by atoms with Crippen LogP contribution in [0.2, 0.25) is 0 Å². The molecule has 0 bridgehead atoms. The van der Waals surface area contributed by atoms with E-state index in [2.05, 4.69) is 4.90 Å². The zero-order valence-electron chi connectivity index (χ0n) is 12.2. The van der Waals surface area contributed by atoms with E-state index in [-0.39, 0.29) is 17.8 Å². The van der Waals surface area contributed by atoms with Crippen LogP contribution in [0.25, 0.3) is 0 Å². The number of hydrogen-bond donors (Lipinski definition) is 2. The maximum atomic E-state index is 13.1. The van der Waals surface area contributed by atoms with Gasteiger partial charge in [-0.05, 0) is 26.1 Å². The van der Waals surface area contributed by atoms with Gasteiger partial charge in [0.15, 0.2) is 5.69 Å². The highest BCUT2D eigenvalue weighted by molar-refractivity contribution is 5.40. The molecule has 0 radical (unpaired) electrons. The number of likely N-dealkylation sites (tertiary alicyclic amines) is 1. The number of benzene rings is 1. The summed E-state index contributed by atoms with van der Waals surface area (Å²) in [5, 5.41) is 8.89. The highest BCUT2D eigenvalue weighted by Crippen LogP contribution is 2.34. The lowest BCUT2D eigenvalue weighted by Crippen LogP contribution is -2.73. The van der Waals surface area contributed by atoms with Crippen LogP contribution in [0.1, 0.15) is 17.5 Å². The molecule has 118 valence electrons. The lowest BCUT2D eigenvalue weighted by atomic mass is 10.1. The monoisotopic (exact) mass is 304 g/mol. The third-order valence-corrected chi connectivity index (χ3v) is 3.96. The van der Waals surface area contributed by atoms with Gasteiger partial charge in [-0.1, -0.05) is 6.07 Å². The molecule has 1 fully saturated rings. The Morgan fingerprint density at radius 3 is 2.62 bits per heavy atom. The van der Waals surface area contributed by atoms with Crippen molar-refractivity contribution in [3.8, 4) is 0 Å². The van der Waals surface area contributed by atoms with Crippen molar-refractivity contribution in [2.75, 3.05) is 27.2 Å². The number of nitrogens with two attached hydrogens (primary N) is 1. The molecule has 1 aromatic rings. The maximum Gasteiger partial charge on any atom is 0.416 e. The lowest BCUT2D eigenvalue weighted by molar-refractivity contribution is -0.825. The van der Waals surface area contributed by atoms with Crippen molar-refractivity contribution in [3.63, 3.8) is 0 Å². The van der Waals surface area contributed by atoms with Gasteiger partial charge in [-0.3, -0.25) is 4.90 Å². The van der Waals surface area contributed by atoms with Gasteiger partial charge in [-0.2, -0.15) is 18.7 Å². The van der Waals surface area contributed by atoms with E-state index in [1.165, 1.54) is 12.1 Å². The summed E-state index contributed by atoms with van der Waals surface area (Å²) in [6, 6.07) is 4.34. The molecule has 0 aromatic heterocycles. The second-order valence-electron chi connectivity index (χ2n) is 5.68. The van der Waals surface area contributed by atoms with Crippen LogP contribution in [0, 0.1) is 0 Å². The Labute approximate surface area is 122 Å². The van der Waals surface area contributed by atoms with Crippen molar-refractivity contribution >= 4 is 5.69 Å². The smallest absolute Gasteiger partial charge is 0.305 e. The van der Waals surface area contributed by atoms with E-state index in [9.17, 15) is 13.2 Å². The van der Waals surface area contributed by atoms with Crippen LogP contribution in [0.4, 0.5) is 18.9 Å². The van der Waals surface area contributed by atoms with Crippen LogP contribution in [0.5, 0.6) is 0 Å². The number of rotatable bonds is 4. The Hall–Kier alpha value is -1.15. The fourth-order valence-electron chi connectivity index (χ4n) is 2.69. The second-order valence-corrected chi connectivity index (χ2v) is 5.68. The average Bonchev–Trinajstić information content (AvgIpc) is 2.86. The fourth-order valence-corrected chi connectivity index (χ4v) is 2.69. The van der Waals surface area contributed by atoms with Crippen molar-refractivity contribution in [2.45, 2.75) is 25.2 Å². The molecule has 2 rings (SSSR count). The topological polar surface area (TPSA) is 43.3 Å². The summed E-state index contributed by atoms with van der Waals surface area (Å²) in [7, 11) is 3.97. The normalized spacial score (nSPS) is 20.4. The minimum absolute atomic E-state index is 0.165. The quantitative estimate of drug-likeness (QED) is 0.653. The van der Waals surface area contributed by atoms with Gasteiger partial charge in [0.05, 0.1) is 5.56 Å². The first-order valence-electron chi connectivity index (χ1n) is 6.87. The van der Waals surface area contributed by atoms with Crippen molar-refractivity contribution < 1.29 is 23.9 Å². The predicted molar refractivity (Wildman–Crippen MR) is 72.2 cm³/mol. The van der Waals surface area contributed by atoms with Gasteiger partial charge in [-0.15, -0.1) is 0 Å². The van der Waals surface area contributed by atoms with Crippen LogP contribution in [0.3, 0.4) is 0 Å². The van der Waals surface area contributed by atoms with E-state index in [4.69, 9.17) is 5.21 Å². The highest BCUT2D eigenvalue weighted by atomic mass is 19.4. The molecule has 0 aliphatic carbocycles. The lowest BCUT2D eigenvalue weighted by Gasteiger charge is -2.22. The molecule has 0 unspecified atom stereocenters. The van der Waals surface area contributed by atoms with Gasteiger partial charge in [0.25, 0.3) is 0 Å². The van der Waals surface area contributed by atoms with Crippen LogP contribution >= 0.6 is 0 Å². The molecule has 1 atom stereocenters. The zero-order chi connectivity index (χ0) is 15.6. The molecular formula is C14H21F3N3O+. The Kier molecular flexibility index (Phi) is 4.88. The van der Waals surface area contributed by atoms with Crippen LogP contribution in [-0.4, -0.2) is 48.2 Å². The molecule has 1 aliphatic rings. The second kappa shape index (κ2) is 6.31. The molecule has 1 aromatic carbocycles. The highest BCUT2D eigenvalue weighted by Gasteiger charge is 2.35. The molecule has 21 heavy (non-hydrogen) atoms. The number of quaternary nitrogens is 1. The van der Waals surface area contributed by atoms with Gasteiger partial charge >= 0.3 is 6.18 Å². The molecular weight excluding hydrogens is 283 g/mol. The van der Waals surface area contributed by atoms with Crippen molar-refractivity contribution in [2.24, 2.45) is 0 Å². The third kappa shape index (κ3) is 3.94. The number of hydrogen-bond acceptors (Lipinski definition) is 3. The minimum Gasteiger partial charge on any atom is -0.305 e. The number of halogens is 3. The zero-order valence-corrected chi connectivity index (χ0v) is 12.2. The minimum atomic E-state index is -4.41. The predicted octanol–water partition coefficient (Wildman–Crippen LogP) is 1.43. The Morgan fingerprint density at radius 2 is 2.10 bits per heavy atom. The van der Waals surface area contributed by atoms with Crippen LogP contribution < -0.4 is 5.48 Å². The third-order valence-electron chi connectivity index (χ3n) is 3.96. The molecule has 0 spiro atoms. The standard InChI is InChI=1S/C14H20F3N3O/c1-19(2)12-5-6-20(9-12)8-10-3-4-11(18-21)7-13(10)14(15,16)17/h3-4,7,12,18,21H,5-6,8-9H2,1-2H3/p+1/t12-/m0/s1. The SMILES string of the molecule is CN(C)[C@H]1CCN(Cc2ccc([NH2+]O)cc2C(F)(F)F)C1. The van der Waals surface area contributed by atoms with E-state index in [1.807, 2.05) is 19.0 Å². The summed E-state index contributed by atoms with van der Waals surface area (Å²) in [5.41, 5.74) is 0.446. The van der Waals surface area contributed by atoms with Gasteiger partial charge < -0.3 is 4.90 Å². The summed E-state index contributed by atoms with van der Waals surface area (Å²) in [5.74, 6) is 0. The first-order chi connectivity index (χ1) is 9.81. The molecule has 1 saturated heterocycles. The first kappa shape index (κ1) is 16.2. The molecule has 7 heteroatoms. The maximum absolute atomic E-state index is 13.1. The van der Waals surface area contributed by atoms with Crippen molar-refractivity contribution in [1.29, 1.82) is 0 Å².